The standard InChI is InChI=1S/C23H28N2O2S/c1-24(2)22(27)23(12-13-25(16-23)21(26)19-5-3-6-19)15-17-8-10-18(11-9-17)20-7-4-14-28-20/h4,7-11,14,19H,3,5-6,12-13,15-16H2,1-2H3/t23-/m0/s1. The second-order valence-electron chi connectivity index (χ2n) is 8.47. The Balaban J connectivity index is 1.53. The summed E-state index contributed by atoms with van der Waals surface area (Å²) < 4.78 is 0. The highest BCUT2D eigenvalue weighted by Gasteiger charge is 2.47. The maximum Gasteiger partial charge on any atom is 0.230 e. The zero-order valence-corrected chi connectivity index (χ0v) is 17.5. The van der Waals surface area contributed by atoms with Crippen molar-refractivity contribution in [3.05, 3.63) is 47.3 Å². The van der Waals surface area contributed by atoms with E-state index in [1.807, 2.05) is 19.0 Å². The molecule has 4 nitrogen and oxygen atoms in total. The van der Waals surface area contributed by atoms with Crippen LogP contribution in [0.4, 0.5) is 0 Å². The van der Waals surface area contributed by atoms with Crippen LogP contribution in [0.3, 0.4) is 0 Å². The highest BCUT2D eigenvalue weighted by atomic mass is 32.1. The lowest BCUT2D eigenvalue weighted by molar-refractivity contribution is -0.141. The number of benzene rings is 1. The van der Waals surface area contributed by atoms with Crippen LogP contribution in [0.2, 0.25) is 0 Å². The average molecular weight is 397 g/mol. The van der Waals surface area contributed by atoms with Crippen LogP contribution in [0.5, 0.6) is 0 Å². The molecule has 0 spiro atoms. The minimum absolute atomic E-state index is 0.138. The molecule has 148 valence electrons. The van der Waals surface area contributed by atoms with E-state index in [1.54, 1.807) is 16.2 Å². The third-order valence-electron chi connectivity index (χ3n) is 6.28. The minimum atomic E-state index is -0.507. The van der Waals surface area contributed by atoms with E-state index in [4.69, 9.17) is 0 Å². The highest BCUT2D eigenvalue weighted by Crippen LogP contribution is 2.39. The summed E-state index contributed by atoms with van der Waals surface area (Å²) in [6.45, 7) is 1.24. The Labute approximate surface area is 171 Å². The van der Waals surface area contributed by atoms with Gasteiger partial charge < -0.3 is 9.80 Å². The van der Waals surface area contributed by atoms with Crippen molar-refractivity contribution in [3.8, 4) is 10.4 Å². The molecule has 28 heavy (non-hydrogen) atoms. The third kappa shape index (κ3) is 3.60. The molecule has 0 radical (unpaired) electrons. The summed E-state index contributed by atoms with van der Waals surface area (Å²) in [6, 6.07) is 12.7. The van der Waals surface area contributed by atoms with Gasteiger partial charge in [-0.1, -0.05) is 36.8 Å². The molecular formula is C23H28N2O2S. The number of hydrogen-bond donors (Lipinski definition) is 0. The molecule has 4 rings (SSSR count). The molecule has 0 N–H and O–H groups in total. The number of amides is 2. The van der Waals surface area contributed by atoms with E-state index in [0.29, 0.717) is 19.5 Å². The first-order chi connectivity index (χ1) is 13.5. The van der Waals surface area contributed by atoms with Crippen molar-refractivity contribution >= 4 is 23.2 Å². The molecule has 2 aliphatic rings. The van der Waals surface area contributed by atoms with Crippen molar-refractivity contribution in [1.82, 2.24) is 9.80 Å². The van der Waals surface area contributed by atoms with Crippen LogP contribution in [-0.2, 0) is 16.0 Å². The second kappa shape index (κ2) is 7.70. The molecule has 2 amide bonds. The molecule has 1 aliphatic heterocycles. The van der Waals surface area contributed by atoms with Crippen molar-refractivity contribution in [2.75, 3.05) is 27.2 Å². The van der Waals surface area contributed by atoms with Gasteiger partial charge in [-0.25, -0.2) is 0 Å². The van der Waals surface area contributed by atoms with Crippen molar-refractivity contribution < 1.29 is 9.59 Å². The zero-order valence-electron chi connectivity index (χ0n) is 16.7. The quantitative estimate of drug-likeness (QED) is 0.765. The smallest absolute Gasteiger partial charge is 0.230 e. The number of hydrogen-bond acceptors (Lipinski definition) is 3. The van der Waals surface area contributed by atoms with Crippen LogP contribution >= 0.6 is 11.3 Å². The lowest BCUT2D eigenvalue weighted by atomic mass is 9.79. The molecule has 2 fully saturated rings. The van der Waals surface area contributed by atoms with E-state index in [0.717, 1.165) is 31.2 Å². The lowest BCUT2D eigenvalue weighted by Crippen LogP contribution is -2.46. The zero-order chi connectivity index (χ0) is 19.7. The predicted octanol–water partition coefficient (Wildman–Crippen LogP) is 4.06. The molecule has 5 heteroatoms. The van der Waals surface area contributed by atoms with Crippen LogP contribution in [0, 0.1) is 11.3 Å². The van der Waals surface area contributed by atoms with Gasteiger partial charge in [0.2, 0.25) is 11.8 Å². The summed E-state index contributed by atoms with van der Waals surface area (Å²) >= 11 is 1.73. The Morgan fingerprint density at radius 3 is 2.50 bits per heavy atom. The molecule has 0 unspecified atom stereocenters. The fourth-order valence-corrected chi connectivity index (χ4v) is 5.20. The average Bonchev–Trinajstić information content (AvgIpc) is 3.31. The monoisotopic (exact) mass is 396 g/mol. The maximum atomic E-state index is 13.1. The predicted molar refractivity (Wildman–Crippen MR) is 113 cm³/mol. The number of likely N-dealkylation sites (tertiary alicyclic amines) is 1. The molecule has 1 saturated heterocycles. The van der Waals surface area contributed by atoms with Crippen molar-refractivity contribution in [2.24, 2.45) is 11.3 Å². The largest absolute Gasteiger partial charge is 0.348 e. The number of nitrogens with zero attached hydrogens (tertiary/aromatic N) is 2. The highest BCUT2D eigenvalue weighted by molar-refractivity contribution is 7.13. The van der Waals surface area contributed by atoms with E-state index in [1.165, 1.54) is 10.4 Å². The molecule has 1 atom stereocenters. The molecule has 1 saturated carbocycles. The van der Waals surface area contributed by atoms with Gasteiger partial charge >= 0.3 is 0 Å². The SMILES string of the molecule is CN(C)C(=O)[C@]1(Cc2ccc(-c3cccs3)cc2)CCN(C(=O)C2CCC2)C1. The molecule has 1 aromatic carbocycles. The number of carbonyl (C=O) groups is 2. The van der Waals surface area contributed by atoms with Crippen molar-refractivity contribution in [2.45, 2.75) is 32.1 Å². The van der Waals surface area contributed by atoms with Gasteiger partial charge in [0.25, 0.3) is 0 Å². The van der Waals surface area contributed by atoms with Gasteiger partial charge in [-0.15, -0.1) is 11.3 Å². The van der Waals surface area contributed by atoms with Gasteiger partial charge in [0.05, 0.1) is 5.41 Å². The minimum Gasteiger partial charge on any atom is -0.348 e. The molecule has 0 bridgehead atoms. The first-order valence-corrected chi connectivity index (χ1v) is 11.0. The van der Waals surface area contributed by atoms with Crippen LogP contribution in [0.25, 0.3) is 10.4 Å². The van der Waals surface area contributed by atoms with Crippen LogP contribution in [-0.4, -0.2) is 48.8 Å². The Morgan fingerprint density at radius 1 is 1.18 bits per heavy atom. The van der Waals surface area contributed by atoms with Gasteiger partial charge in [-0.2, -0.15) is 0 Å². The van der Waals surface area contributed by atoms with Crippen LogP contribution in [0.15, 0.2) is 41.8 Å². The van der Waals surface area contributed by atoms with E-state index in [9.17, 15) is 9.59 Å². The van der Waals surface area contributed by atoms with Gasteiger partial charge in [-0.05, 0) is 48.3 Å². The normalized spacial score (nSPS) is 22.1. The first kappa shape index (κ1) is 19.2. The summed E-state index contributed by atoms with van der Waals surface area (Å²) in [7, 11) is 3.64. The second-order valence-corrected chi connectivity index (χ2v) is 9.42. The van der Waals surface area contributed by atoms with E-state index >= 15 is 0 Å². The van der Waals surface area contributed by atoms with E-state index in [2.05, 4.69) is 41.8 Å². The maximum absolute atomic E-state index is 13.1. The summed E-state index contributed by atoms with van der Waals surface area (Å²) in [5.74, 6) is 0.585. The molecule has 1 aromatic heterocycles. The summed E-state index contributed by atoms with van der Waals surface area (Å²) in [5.41, 5.74) is 1.86. The van der Waals surface area contributed by atoms with Crippen LogP contribution < -0.4 is 0 Å². The first-order valence-electron chi connectivity index (χ1n) is 10.1. The van der Waals surface area contributed by atoms with Gasteiger partial charge in [-0.3, -0.25) is 9.59 Å². The van der Waals surface area contributed by atoms with E-state index in [-0.39, 0.29) is 17.7 Å². The Bertz CT molecular complexity index is 840. The van der Waals surface area contributed by atoms with Crippen LogP contribution in [0.1, 0.15) is 31.2 Å². The molecule has 2 heterocycles. The number of thiophene rings is 1. The van der Waals surface area contributed by atoms with Gasteiger partial charge in [0.15, 0.2) is 0 Å². The van der Waals surface area contributed by atoms with Gasteiger partial charge in [0.1, 0.15) is 0 Å². The summed E-state index contributed by atoms with van der Waals surface area (Å²) in [6.07, 6.45) is 4.60. The Kier molecular flexibility index (Phi) is 5.28. The van der Waals surface area contributed by atoms with Crippen molar-refractivity contribution in [1.29, 1.82) is 0 Å². The Hall–Kier alpha value is -2.14. The van der Waals surface area contributed by atoms with E-state index < -0.39 is 5.41 Å². The lowest BCUT2D eigenvalue weighted by Gasteiger charge is -2.33. The molecular weight excluding hydrogens is 368 g/mol. The summed E-state index contributed by atoms with van der Waals surface area (Å²) in [5, 5.41) is 2.08. The topological polar surface area (TPSA) is 40.6 Å². The number of rotatable bonds is 5. The molecule has 2 aromatic rings. The fraction of sp³-hybridized carbons (Fsp3) is 0.478. The van der Waals surface area contributed by atoms with Crippen molar-refractivity contribution in [3.63, 3.8) is 0 Å². The summed E-state index contributed by atoms with van der Waals surface area (Å²) in [4.78, 5) is 30.8. The Morgan fingerprint density at radius 2 is 1.93 bits per heavy atom. The van der Waals surface area contributed by atoms with Gasteiger partial charge in [0, 0.05) is 38.0 Å². The number of carbonyl (C=O) groups excluding carboxylic acids is 2. The third-order valence-corrected chi connectivity index (χ3v) is 7.20. The molecule has 1 aliphatic carbocycles. The fourth-order valence-electron chi connectivity index (χ4n) is 4.46.